The molecule has 0 unspecified atom stereocenters. The zero-order valence-electron chi connectivity index (χ0n) is 8.45. The minimum absolute atomic E-state index is 0.180. The fraction of sp³-hybridized carbons (Fsp3) is 0.200. The van der Waals surface area contributed by atoms with Gasteiger partial charge in [0.05, 0.1) is 11.9 Å². The Morgan fingerprint density at radius 2 is 2.06 bits per heavy atom. The standard InChI is InChI=1S/C10H7ClF3N3/c11-5-7-1-3-15-6-8(7)17-4-2-9(16-17)10(12,13)14/h1-4,6H,5H2. The Kier molecular flexibility index (Phi) is 3.06. The first-order valence-electron chi connectivity index (χ1n) is 4.64. The average molecular weight is 262 g/mol. The van der Waals surface area contributed by atoms with Gasteiger partial charge in [-0.2, -0.15) is 18.3 Å². The summed E-state index contributed by atoms with van der Waals surface area (Å²) in [7, 11) is 0. The van der Waals surface area contributed by atoms with Gasteiger partial charge in [0.15, 0.2) is 5.69 Å². The van der Waals surface area contributed by atoms with Crippen LogP contribution >= 0.6 is 11.6 Å². The number of alkyl halides is 4. The van der Waals surface area contributed by atoms with Crippen LogP contribution in [0.2, 0.25) is 0 Å². The number of rotatable bonds is 2. The summed E-state index contributed by atoms with van der Waals surface area (Å²) in [4.78, 5) is 3.84. The van der Waals surface area contributed by atoms with E-state index in [1.807, 2.05) is 0 Å². The first-order valence-corrected chi connectivity index (χ1v) is 5.18. The van der Waals surface area contributed by atoms with Crippen LogP contribution in [-0.2, 0) is 12.1 Å². The summed E-state index contributed by atoms with van der Waals surface area (Å²) in [6.07, 6.45) is -0.273. The van der Waals surface area contributed by atoms with Gasteiger partial charge in [-0.25, -0.2) is 4.68 Å². The summed E-state index contributed by atoms with van der Waals surface area (Å²) in [6, 6.07) is 2.54. The van der Waals surface area contributed by atoms with E-state index >= 15 is 0 Å². The zero-order chi connectivity index (χ0) is 12.5. The van der Waals surface area contributed by atoms with Crippen molar-refractivity contribution in [2.45, 2.75) is 12.1 Å². The van der Waals surface area contributed by atoms with Crippen LogP contribution in [0, 0.1) is 0 Å². The lowest BCUT2D eigenvalue weighted by molar-refractivity contribution is -0.141. The Balaban J connectivity index is 2.44. The van der Waals surface area contributed by atoms with Gasteiger partial charge in [-0.1, -0.05) is 0 Å². The number of hydrogen-bond donors (Lipinski definition) is 0. The molecule has 0 aliphatic rings. The fourth-order valence-corrected chi connectivity index (χ4v) is 1.57. The molecule has 2 aromatic rings. The summed E-state index contributed by atoms with van der Waals surface area (Å²) in [5.41, 5.74) is 0.165. The normalized spacial score (nSPS) is 11.8. The number of nitrogens with zero attached hydrogens (tertiary/aromatic N) is 3. The summed E-state index contributed by atoms with van der Waals surface area (Å²) < 4.78 is 38.3. The van der Waals surface area contributed by atoms with Gasteiger partial charge in [0.2, 0.25) is 0 Å². The lowest BCUT2D eigenvalue weighted by atomic mass is 10.2. The van der Waals surface area contributed by atoms with E-state index in [2.05, 4.69) is 10.1 Å². The van der Waals surface area contributed by atoms with E-state index < -0.39 is 11.9 Å². The van der Waals surface area contributed by atoms with E-state index in [9.17, 15) is 13.2 Å². The molecule has 0 aliphatic carbocycles. The third-order valence-electron chi connectivity index (χ3n) is 2.16. The molecule has 17 heavy (non-hydrogen) atoms. The molecule has 2 heterocycles. The Morgan fingerprint density at radius 1 is 1.29 bits per heavy atom. The minimum atomic E-state index is -4.45. The van der Waals surface area contributed by atoms with Crippen molar-refractivity contribution in [1.82, 2.24) is 14.8 Å². The highest BCUT2D eigenvalue weighted by Gasteiger charge is 2.33. The molecule has 0 atom stereocenters. The average Bonchev–Trinajstić information content (AvgIpc) is 2.77. The van der Waals surface area contributed by atoms with Crippen molar-refractivity contribution in [2.24, 2.45) is 0 Å². The minimum Gasteiger partial charge on any atom is -0.262 e. The molecule has 0 spiro atoms. The number of hydrogen-bond acceptors (Lipinski definition) is 2. The van der Waals surface area contributed by atoms with Gasteiger partial charge in [0.25, 0.3) is 0 Å². The lowest BCUT2D eigenvalue weighted by Gasteiger charge is -2.06. The highest BCUT2D eigenvalue weighted by Crippen LogP contribution is 2.28. The van der Waals surface area contributed by atoms with E-state index in [1.54, 1.807) is 6.07 Å². The van der Waals surface area contributed by atoms with Crippen molar-refractivity contribution in [3.8, 4) is 5.69 Å². The summed E-state index contributed by atoms with van der Waals surface area (Å²) in [6.45, 7) is 0. The SMILES string of the molecule is FC(F)(F)c1ccn(-c2cnccc2CCl)n1. The third kappa shape index (κ3) is 2.41. The molecule has 0 bridgehead atoms. The van der Waals surface area contributed by atoms with Crippen molar-refractivity contribution in [3.05, 3.63) is 42.0 Å². The third-order valence-corrected chi connectivity index (χ3v) is 2.45. The maximum Gasteiger partial charge on any atom is 0.435 e. The van der Waals surface area contributed by atoms with Crippen LogP contribution in [0.4, 0.5) is 13.2 Å². The van der Waals surface area contributed by atoms with Crippen LogP contribution in [0.25, 0.3) is 5.69 Å². The molecule has 0 saturated carbocycles. The van der Waals surface area contributed by atoms with Crippen molar-refractivity contribution in [2.75, 3.05) is 0 Å². The van der Waals surface area contributed by atoms with Gasteiger partial charge in [0, 0.05) is 18.3 Å². The Morgan fingerprint density at radius 3 is 2.65 bits per heavy atom. The van der Waals surface area contributed by atoms with Gasteiger partial charge in [-0.3, -0.25) is 4.98 Å². The largest absolute Gasteiger partial charge is 0.435 e. The molecule has 0 radical (unpaired) electrons. The molecule has 2 aromatic heterocycles. The second-order valence-electron chi connectivity index (χ2n) is 3.28. The molecule has 7 heteroatoms. The number of pyridine rings is 1. The second-order valence-corrected chi connectivity index (χ2v) is 3.55. The maximum absolute atomic E-state index is 12.4. The van der Waals surface area contributed by atoms with Gasteiger partial charge in [-0.15, -0.1) is 11.6 Å². The zero-order valence-corrected chi connectivity index (χ0v) is 9.20. The quantitative estimate of drug-likeness (QED) is 0.778. The molecule has 0 aliphatic heterocycles. The van der Waals surface area contributed by atoms with E-state index in [-0.39, 0.29) is 5.88 Å². The molecule has 2 rings (SSSR count). The summed E-state index contributed by atoms with van der Waals surface area (Å²) >= 11 is 5.69. The van der Waals surface area contributed by atoms with Crippen LogP contribution in [0.15, 0.2) is 30.7 Å². The number of halogens is 4. The van der Waals surface area contributed by atoms with Crippen LogP contribution < -0.4 is 0 Å². The molecule has 90 valence electrons. The smallest absolute Gasteiger partial charge is 0.262 e. The summed E-state index contributed by atoms with van der Waals surface area (Å²) in [5.74, 6) is 0.180. The Bertz CT molecular complexity index is 522. The maximum atomic E-state index is 12.4. The molecule has 0 saturated heterocycles. The molecule has 0 N–H and O–H groups in total. The van der Waals surface area contributed by atoms with Gasteiger partial charge in [0.1, 0.15) is 0 Å². The van der Waals surface area contributed by atoms with Crippen LogP contribution in [0.5, 0.6) is 0 Å². The van der Waals surface area contributed by atoms with Gasteiger partial charge >= 0.3 is 6.18 Å². The first-order chi connectivity index (χ1) is 8.02. The van der Waals surface area contributed by atoms with Gasteiger partial charge < -0.3 is 0 Å². The lowest BCUT2D eigenvalue weighted by Crippen LogP contribution is -2.08. The number of aromatic nitrogens is 3. The molecule has 0 amide bonds. The van der Waals surface area contributed by atoms with E-state index in [0.29, 0.717) is 11.3 Å². The monoisotopic (exact) mass is 261 g/mol. The van der Waals surface area contributed by atoms with Crippen molar-refractivity contribution in [1.29, 1.82) is 0 Å². The van der Waals surface area contributed by atoms with Crippen molar-refractivity contribution < 1.29 is 13.2 Å². The molecular weight excluding hydrogens is 255 g/mol. The Labute approximate surface area is 99.8 Å². The van der Waals surface area contributed by atoms with E-state index in [4.69, 9.17) is 11.6 Å². The van der Waals surface area contributed by atoms with Gasteiger partial charge in [-0.05, 0) is 17.7 Å². The fourth-order valence-electron chi connectivity index (χ4n) is 1.34. The van der Waals surface area contributed by atoms with E-state index in [0.717, 1.165) is 10.7 Å². The Hall–Kier alpha value is -1.56. The highest BCUT2D eigenvalue weighted by molar-refractivity contribution is 6.17. The van der Waals surface area contributed by atoms with Crippen LogP contribution in [0.1, 0.15) is 11.3 Å². The molecular formula is C10H7ClF3N3. The van der Waals surface area contributed by atoms with Crippen LogP contribution in [0.3, 0.4) is 0 Å². The molecule has 3 nitrogen and oxygen atoms in total. The second kappa shape index (κ2) is 4.37. The summed E-state index contributed by atoms with van der Waals surface area (Å²) in [5, 5.41) is 3.45. The first kappa shape index (κ1) is 11.9. The molecule has 0 aromatic carbocycles. The van der Waals surface area contributed by atoms with E-state index in [1.165, 1.54) is 18.6 Å². The predicted octanol–water partition coefficient (Wildman–Crippen LogP) is 3.02. The highest BCUT2D eigenvalue weighted by atomic mass is 35.5. The predicted molar refractivity (Wildman–Crippen MR) is 55.9 cm³/mol. The van der Waals surface area contributed by atoms with Crippen LogP contribution in [-0.4, -0.2) is 14.8 Å². The topological polar surface area (TPSA) is 30.7 Å². The van der Waals surface area contributed by atoms with Crippen molar-refractivity contribution in [3.63, 3.8) is 0 Å². The van der Waals surface area contributed by atoms with Crippen molar-refractivity contribution >= 4 is 11.6 Å². The molecule has 0 fully saturated rings.